The van der Waals surface area contributed by atoms with E-state index in [1.165, 1.54) is 199 Å². The molecule has 0 heterocycles. The van der Waals surface area contributed by atoms with E-state index in [1.54, 1.807) is 12.1 Å². The van der Waals surface area contributed by atoms with Gasteiger partial charge in [0.2, 0.25) is 0 Å². The molecule has 0 aliphatic carbocycles. The van der Waals surface area contributed by atoms with Gasteiger partial charge < -0.3 is 10.2 Å². The highest BCUT2D eigenvalue weighted by Gasteiger charge is 2.21. The molecule has 52 heavy (non-hydrogen) atoms. The predicted molar refractivity (Wildman–Crippen MR) is 225 cm³/mol. The highest BCUT2D eigenvalue weighted by atomic mass is 16.4. The first-order valence-electron chi connectivity index (χ1n) is 23.1. The second-order valence-corrected chi connectivity index (χ2v) is 16.3. The van der Waals surface area contributed by atoms with Crippen LogP contribution in [-0.2, 0) is 12.8 Å². The Morgan fingerprint density at radius 2 is 0.635 bits per heavy atom. The molecule has 0 spiro atoms. The number of carboxylic acid groups (broad SMARTS) is 2. The predicted octanol–water partition coefficient (Wildman–Crippen LogP) is 16.3. The van der Waals surface area contributed by atoms with Crippen molar-refractivity contribution in [2.45, 2.75) is 258 Å². The van der Waals surface area contributed by atoms with Crippen LogP contribution in [-0.4, -0.2) is 22.2 Å². The van der Waals surface area contributed by atoms with Gasteiger partial charge in [-0.25, -0.2) is 9.59 Å². The Morgan fingerprint density at radius 1 is 0.365 bits per heavy atom. The third kappa shape index (κ3) is 26.9. The van der Waals surface area contributed by atoms with Crippen LogP contribution in [0.1, 0.15) is 277 Å². The zero-order chi connectivity index (χ0) is 37.7. The Morgan fingerprint density at radius 3 is 0.904 bits per heavy atom. The molecule has 4 heteroatoms. The number of rotatable bonds is 40. The zero-order valence-electron chi connectivity index (χ0n) is 34.7. The molecule has 0 radical (unpaired) electrons. The lowest BCUT2D eigenvalue weighted by Crippen LogP contribution is -2.13. The maximum atomic E-state index is 12.4. The summed E-state index contributed by atoms with van der Waals surface area (Å²) in [6.45, 7) is 4.56. The van der Waals surface area contributed by atoms with Crippen molar-refractivity contribution in [3.05, 3.63) is 34.4 Å². The SMILES string of the molecule is CCCCCCCCCCCCCCCCCCCCc1ccc(C(=O)O)c(CCCCCCCCCCCCCCCCCCCC)c1C(=O)O. The van der Waals surface area contributed by atoms with E-state index < -0.39 is 11.9 Å². The Kier molecular flexibility index (Phi) is 33.5. The Bertz CT molecular complexity index is 969. The smallest absolute Gasteiger partial charge is 0.336 e. The fourth-order valence-electron chi connectivity index (χ4n) is 8.05. The van der Waals surface area contributed by atoms with Gasteiger partial charge in [-0.2, -0.15) is 0 Å². The van der Waals surface area contributed by atoms with Crippen molar-refractivity contribution >= 4 is 11.9 Å². The largest absolute Gasteiger partial charge is 0.478 e. The van der Waals surface area contributed by atoms with Crippen LogP contribution in [0.15, 0.2) is 12.1 Å². The molecule has 0 bridgehead atoms. The topological polar surface area (TPSA) is 74.6 Å². The highest BCUT2D eigenvalue weighted by molar-refractivity contribution is 5.97. The Hall–Kier alpha value is -1.84. The van der Waals surface area contributed by atoms with Crippen molar-refractivity contribution in [2.75, 3.05) is 0 Å². The molecule has 0 unspecified atom stereocenters. The van der Waals surface area contributed by atoms with Crippen molar-refractivity contribution in [1.29, 1.82) is 0 Å². The molecule has 302 valence electrons. The standard InChI is InChI=1S/C48H86O4/c1-3-5-7-9-11-13-15-17-19-21-23-25-27-29-31-33-35-37-39-43-41-42-45(47(49)50)44(46(43)48(51)52)40-38-36-34-32-30-28-26-24-22-20-18-16-14-12-10-8-6-4-2/h41-42H,3-40H2,1-2H3,(H,49,50)(H,51,52). The molecule has 2 N–H and O–H groups in total. The van der Waals surface area contributed by atoms with Crippen LogP contribution in [0, 0.1) is 0 Å². The van der Waals surface area contributed by atoms with Crippen molar-refractivity contribution in [3.8, 4) is 0 Å². The molecule has 4 nitrogen and oxygen atoms in total. The number of hydrogen-bond donors (Lipinski definition) is 2. The van der Waals surface area contributed by atoms with Crippen LogP contribution in [0.3, 0.4) is 0 Å². The maximum Gasteiger partial charge on any atom is 0.336 e. The molecule has 1 aromatic rings. The minimum atomic E-state index is -1.01. The molecule has 1 rings (SSSR count). The lowest BCUT2D eigenvalue weighted by molar-refractivity contribution is 0.0694. The lowest BCUT2D eigenvalue weighted by Gasteiger charge is -2.15. The number of benzene rings is 1. The molecule has 0 aromatic heterocycles. The van der Waals surface area contributed by atoms with Crippen LogP contribution in [0.2, 0.25) is 0 Å². The fraction of sp³-hybridized carbons (Fsp3) is 0.833. The lowest BCUT2D eigenvalue weighted by atomic mass is 9.89. The van der Waals surface area contributed by atoms with Gasteiger partial charge in [0.05, 0.1) is 11.1 Å². The maximum absolute atomic E-state index is 12.4. The van der Waals surface area contributed by atoms with Crippen LogP contribution in [0.5, 0.6) is 0 Å². The third-order valence-corrected chi connectivity index (χ3v) is 11.4. The van der Waals surface area contributed by atoms with Crippen molar-refractivity contribution in [1.82, 2.24) is 0 Å². The van der Waals surface area contributed by atoms with Gasteiger partial charge in [-0.1, -0.05) is 238 Å². The molecule has 0 amide bonds. The normalized spacial score (nSPS) is 11.4. The molecule has 0 atom stereocenters. The molecule has 0 fully saturated rings. The molecule has 0 saturated carbocycles. The van der Waals surface area contributed by atoms with E-state index in [-0.39, 0.29) is 11.1 Å². The molecule has 1 aromatic carbocycles. The second-order valence-electron chi connectivity index (χ2n) is 16.3. The van der Waals surface area contributed by atoms with E-state index in [4.69, 9.17) is 0 Å². The fourth-order valence-corrected chi connectivity index (χ4v) is 8.05. The monoisotopic (exact) mass is 727 g/mol. The van der Waals surface area contributed by atoms with Gasteiger partial charge >= 0.3 is 11.9 Å². The highest BCUT2D eigenvalue weighted by Crippen LogP contribution is 2.25. The first-order chi connectivity index (χ1) is 25.5. The summed E-state index contributed by atoms with van der Waals surface area (Å²) in [5.74, 6) is -1.99. The van der Waals surface area contributed by atoms with Crippen LogP contribution >= 0.6 is 0 Å². The summed E-state index contributed by atoms with van der Waals surface area (Å²) < 4.78 is 0. The number of carbonyl (C=O) groups is 2. The summed E-state index contributed by atoms with van der Waals surface area (Å²) in [7, 11) is 0. The zero-order valence-corrected chi connectivity index (χ0v) is 34.7. The third-order valence-electron chi connectivity index (χ3n) is 11.4. The average Bonchev–Trinajstić information content (AvgIpc) is 3.13. The number of hydrogen-bond acceptors (Lipinski definition) is 2. The van der Waals surface area contributed by atoms with Crippen LogP contribution in [0.25, 0.3) is 0 Å². The van der Waals surface area contributed by atoms with Gasteiger partial charge in [0.1, 0.15) is 0 Å². The van der Waals surface area contributed by atoms with Gasteiger partial charge in [0, 0.05) is 0 Å². The molecule has 0 saturated heterocycles. The van der Waals surface area contributed by atoms with Crippen molar-refractivity contribution < 1.29 is 19.8 Å². The van der Waals surface area contributed by atoms with Gasteiger partial charge in [0.15, 0.2) is 0 Å². The number of aromatic carboxylic acids is 2. The van der Waals surface area contributed by atoms with Crippen molar-refractivity contribution in [3.63, 3.8) is 0 Å². The van der Waals surface area contributed by atoms with Gasteiger partial charge in [-0.05, 0) is 42.9 Å². The number of carboxylic acids is 2. The minimum absolute atomic E-state index is 0.172. The van der Waals surface area contributed by atoms with E-state index in [9.17, 15) is 19.8 Å². The van der Waals surface area contributed by atoms with E-state index in [2.05, 4.69) is 13.8 Å². The summed E-state index contributed by atoms with van der Waals surface area (Å²) in [6.07, 6.45) is 48.7. The second kappa shape index (κ2) is 36.2. The van der Waals surface area contributed by atoms with Gasteiger partial charge in [0.25, 0.3) is 0 Å². The Balaban J connectivity index is 2.18. The average molecular weight is 727 g/mol. The van der Waals surface area contributed by atoms with Crippen LogP contribution < -0.4 is 0 Å². The van der Waals surface area contributed by atoms with Crippen LogP contribution in [0.4, 0.5) is 0 Å². The summed E-state index contributed by atoms with van der Waals surface area (Å²) in [6, 6.07) is 3.42. The number of unbranched alkanes of at least 4 members (excludes halogenated alkanes) is 34. The summed E-state index contributed by atoms with van der Waals surface area (Å²) in [4.78, 5) is 24.4. The molecule has 0 aliphatic heterocycles. The summed E-state index contributed by atoms with van der Waals surface area (Å²) in [5, 5.41) is 20.0. The first-order valence-corrected chi connectivity index (χ1v) is 23.1. The van der Waals surface area contributed by atoms with Crippen molar-refractivity contribution in [2.24, 2.45) is 0 Å². The summed E-state index contributed by atoms with van der Waals surface area (Å²) in [5.41, 5.74) is 1.78. The van der Waals surface area contributed by atoms with E-state index in [0.29, 0.717) is 18.4 Å². The van der Waals surface area contributed by atoms with E-state index >= 15 is 0 Å². The first kappa shape index (κ1) is 48.2. The van der Waals surface area contributed by atoms with E-state index in [1.807, 2.05) is 0 Å². The van der Waals surface area contributed by atoms with E-state index in [0.717, 1.165) is 37.7 Å². The Labute approximate surface area is 323 Å². The number of aryl methyl sites for hydroxylation is 1. The van der Waals surface area contributed by atoms with Gasteiger partial charge in [-0.3, -0.25) is 0 Å². The summed E-state index contributed by atoms with van der Waals surface area (Å²) >= 11 is 0. The molecule has 0 aliphatic rings. The minimum Gasteiger partial charge on any atom is -0.478 e. The quantitative estimate of drug-likeness (QED) is 0.0660. The van der Waals surface area contributed by atoms with Gasteiger partial charge in [-0.15, -0.1) is 0 Å². The molecular weight excluding hydrogens is 641 g/mol. The molecular formula is C48H86O4.